The Bertz CT molecular complexity index is 495. The number of nitrogens with two attached hydrogens (primary N) is 1. The molecular formula is C8H6N6. The molecule has 0 fully saturated rings. The molecule has 0 aliphatic rings. The molecule has 14 heavy (non-hydrogen) atoms. The van der Waals surface area contributed by atoms with E-state index in [1.54, 1.807) is 12.3 Å². The summed E-state index contributed by atoms with van der Waals surface area (Å²) in [4.78, 5) is 7.70. The highest BCUT2D eigenvalue weighted by Crippen LogP contribution is 2.04. The lowest BCUT2D eigenvalue weighted by molar-refractivity contribution is 0.842. The van der Waals surface area contributed by atoms with Crippen LogP contribution in [0.4, 0.5) is 5.95 Å². The summed E-state index contributed by atoms with van der Waals surface area (Å²) in [6.45, 7) is 0. The van der Waals surface area contributed by atoms with Crippen molar-refractivity contribution in [1.29, 1.82) is 5.26 Å². The molecule has 0 atom stereocenters. The summed E-state index contributed by atoms with van der Waals surface area (Å²) in [6, 6.07) is 3.63. The summed E-state index contributed by atoms with van der Waals surface area (Å²) in [5, 5.41) is 12.5. The molecule has 2 rings (SSSR count). The van der Waals surface area contributed by atoms with E-state index in [9.17, 15) is 0 Å². The van der Waals surface area contributed by atoms with Gasteiger partial charge in [0.1, 0.15) is 6.07 Å². The molecule has 6 nitrogen and oxygen atoms in total. The fraction of sp³-hybridized carbons (Fsp3) is 0. The maximum absolute atomic E-state index is 8.59. The minimum atomic E-state index is 0.177. The molecule has 6 heteroatoms. The second-order valence-corrected chi connectivity index (χ2v) is 2.56. The van der Waals surface area contributed by atoms with Crippen molar-refractivity contribution in [3.63, 3.8) is 0 Å². The molecule has 0 spiro atoms. The third-order valence-corrected chi connectivity index (χ3v) is 1.61. The van der Waals surface area contributed by atoms with E-state index in [4.69, 9.17) is 11.0 Å². The summed E-state index contributed by atoms with van der Waals surface area (Å²) in [6.07, 6.45) is 4.56. The number of hydrogen-bond acceptors (Lipinski definition) is 5. The van der Waals surface area contributed by atoms with Crippen molar-refractivity contribution < 1.29 is 0 Å². The summed E-state index contributed by atoms with van der Waals surface area (Å²) in [5.41, 5.74) is 5.88. The third-order valence-electron chi connectivity index (χ3n) is 1.61. The van der Waals surface area contributed by atoms with Gasteiger partial charge in [-0.1, -0.05) is 0 Å². The van der Waals surface area contributed by atoms with E-state index in [0.717, 1.165) is 0 Å². The zero-order valence-electron chi connectivity index (χ0n) is 7.12. The van der Waals surface area contributed by atoms with Crippen molar-refractivity contribution in [1.82, 2.24) is 19.7 Å². The SMILES string of the molecule is N#Cc1cnn(-c2ccnc(N)n2)c1. The monoisotopic (exact) mass is 186 g/mol. The Morgan fingerprint density at radius 1 is 1.50 bits per heavy atom. The van der Waals surface area contributed by atoms with E-state index < -0.39 is 0 Å². The highest BCUT2D eigenvalue weighted by Gasteiger charge is 2.01. The van der Waals surface area contributed by atoms with Gasteiger partial charge in [0, 0.05) is 12.3 Å². The van der Waals surface area contributed by atoms with Gasteiger partial charge in [0.15, 0.2) is 5.82 Å². The van der Waals surface area contributed by atoms with Crippen molar-refractivity contribution >= 4 is 5.95 Å². The van der Waals surface area contributed by atoms with Crippen LogP contribution in [-0.4, -0.2) is 19.7 Å². The molecule has 0 saturated heterocycles. The van der Waals surface area contributed by atoms with E-state index in [1.807, 2.05) is 6.07 Å². The minimum absolute atomic E-state index is 0.177. The average molecular weight is 186 g/mol. The fourth-order valence-corrected chi connectivity index (χ4v) is 0.997. The first kappa shape index (κ1) is 8.19. The number of nitriles is 1. The normalized spacial score (nSPS) is 9.64. The van der Waals surface area contributed by atoms with Gasteiger partial charge >= 0.3 is 0 Å². The quantitative estimate of drug-likeness (QED) is 0.682. The molecule has 0 unspecified atom stereocenters. The molecule has 0 radical (unpaired) electrons. The van der Waals surface area contributed by atoms with Gasteiger partial charge < -0.3 is 5.73 Å². The average Bonchev–Trinajstić information content (AvgIpc) is 2.66. The molecule has 0 aliphatic carbocycles. The zero-order chi connectivity index (χ0) is 9.97. The molecule has 68 valence electrons. The van der Waals surface area contributed by atoms with Crippen molar-refractivity contribution in [2.75, 3.05) is 5.73 Å². The predicted octanol–water partition coefficient (Wildman–Crippen LogP) is 0.116. The van der Waals surface area contributed by atoms with Gasteiger partial charge in [-0.05, 0) is 0 Å². The zero-order valence-corrected chi connectivity index (χ0v) is 7.12. The van der Waals surface area contributed by atoms with Gasteiger partial charge in [0.05, 0.1) is 18.0 Å². The Labute approximate surface area is 79.6 Å². The molecule has 0 amide bonds. The molecule has 2 aromatic heterocycles. The number of anilines is 1. The number of aromatic nitrogens is 4. The molecular weight excluding hydrogens is 180 g/mol. The second-order valence-electron chi connectivity index (χ2n) is 2.56. The first-order valence-electron chi connectivity index (χ1n) is 3.83. The van der Waals surface area contributed by atoms with Crippen LogP contribution in [0, 0.1) is 11.3 Å². The van der Waals surface area contributed by atoms with Crippen LogP contribution in [0.1, 0.15) is 5.56 Å². The number of nitrogens with zero attached hydrogens (tertiary/aromatic N) is 5. The fourth-order valence-electron chi connectivity index (χ4n) is 0.997. The molecule has 2 heterocycles. The molecule has 0 bridgehead atoms. The van der Waals surface area contributed by atoms with Crippen molar-refractivity contribution in [2.24, 2.45) is 0 Å². The molecule has 0 saturated carbocycles. The van der Waals surface area contributed by atoms with E-state index in [0.29, 0.717) is 11.4 Å². The standard InChI is InChI=1S/C8H6N6/c9-3-6-4-12-14(5-6)7-1-2-11-8(10)13-7/h1-2,4-5H,(H2,10,11,13). The van der Waals surface area contributed by atoms with Gasteiger partial charge in [-0.3, -0.25) is 0 Å². The van der Waals surface area contributed by atoms with Crippen LogP contribution in [-0.2, 0) is 0 Å². The Hall–Kier alpha value is -2.42. The largest absolute Gasteiger partial charge is 0.368 e. The number of rotatable bonds is 1. The van der Waals surface area contributed by atoms with E-state index in [-0.39, 0.29) is 5.95 Å². The Balaban J connectivity index is 2.45. The van der Waals surface area contributed by atoms with Crippen LogP contribution in [0.3, 0.4) is 0 Å². The van der Waals surface area contributed by atoms with Gasteiger partial charge in [0.2, 0.25) is 5.95 Å². The molecule has 2 aromatic rings. The summed E-state index contributed by atoms with van der Waals surface area (Å²) >= 11 is 0. The first-order valence-corrected chi connectivity index (χ1v) is 3.83. The number of hydrogen-bond donors (Lipinski definition) is 1. The van der Waals surface area contributed by atoms with Gasteiger partial charge in [-0.25, -0.2) is 9.67 Å². The van der Waals surface area contributed by atoms with Crippen LogP contribution in [0.2, 0.25) is 0 Å². The van der Waals surface area contributed by atoms with Gasteiger partial charge in [0.25, 0.3) is 0 Å². The van der Waals surface area contributed by atoms with Gasteiger partial charge in [-0.2, -0.15) is 15.3 Å². The molecule has 2 N–H and O–H groups in total. The van der Waals surface area contributed by atoms with Crippen LogP contribution in [0.25, 0.3) is 5.82 Å². The van der Waals surface area contributed by atoms with E-state index in [2.05, 4.69) is 15.1 Å². The molecule has 0 aromatic carbocycles. The summed E-state index contributed by atoms with van der Waals surface area (Å²) in [5.74, 6) is 0.718. The van der Waals surface area contributed by atoms with E-state index in [1.165, 1.54) is 17.1 Å². The lowest BCUT2D eigenvalue weighted by Crippen LogP contribution is -2.01. The van der Waals surface area contributed by atoms with Crippen LogP contribution in [0.5, 0.6) is 0 Å². The topological polar surface area (TPSA) is 93.4 Å². The van der Waals surface area contributed by atoms with Crippen molar-refractivity contribution in [3.05, 3.63) is 30.2 Å². The lowest BCUT2D eigenvalue weighted by Gasteiger charge is -1.98. The Morgan fingerprint density at radius 2 is 2.36 bits per heavy atom. The van der Waals surface area contributed by atoms with Crippen LogP contribution in [0.15, 0.2) is 24.7 Å². The smallest absolute Gasteiger partial charge is 0.221 e. The van der Waals surface area contributed by atoms with E-state index >= 15 is 0 Å². The predicted molar refractivity (Wildman–Crippen MR) is 48.3 cm³/mol. The highest BCUT2D eigenvalue weighted by atomic mass is 15.3. The van der Waals surface area contributed by atoms with Gasteiger partial charge in [-0.15, -0.1) is 0 Å². The first-order chi connectivity index (χ1) is 6.79. The lowest BCUT2D eigenvalue weighted by atomic mass is 10.4. The molecule has 0 aliphatic heterocycles. The maximum Gasteiger partial charge on any atom is 0.221 e. The Morgan fingerprint density at radius 3 is 3.00 bits per heavy atom. The summed E-state index contributed by atoms with van der Waals surface area (Å²) in [7, 11) is 0. The van der Waals surface area contributed by atoms with Crippen LogP contribution >= 0.6 is 0 Å². The van der Waals surface area contributed by atoms with Crippen molar-refractivity contribution in [2.45, 2.75) is 0 Å². The summed E-state index contributed by atoms with van der Waals surface area (Å²) < 4.78 is 1.47. The van der Waals surface area contributed by atoms with Crippen molar-refractivity contribution in [3.8, 4) is 11.9 Å². The highest BCUT2D eigenvalue weighted by molar-refractivity contribution is 5.30. The Kier molecular flexibility index (Phi) is 1.84. The maximum atomic E-state index is 8.59. The number of nitrogen functional groups attached to an aromatic ring is 1. The third kappa shape index (κ3) is 1.38. The minimum Gasteiger partial charge on any atom is -0.368 e. The second kappa shape index (κ2) is 3.14. The van der Waals surface area contributed by atoms with Crippen LogP contribution < -0.4 is 5.73 Å².